The molecular formula is C16H24BrN. The summed E-state index contributed by atoms with van der Waals surface area (Å²) in [5.74, 6) is 0. The number of likely N-dealkylation sites (tertiary alicyclic amines) is 1. The monoisotopic (exact) mass is 309 g/mol. The molecule has 0 amide bonds. The molecule has 0 spiro atoms. The van der Waals surface area contributed by atoms with E-state index >= 15 is 0 Å². The molecular weight excluding hydrogens is 286 g/mol. The zero-order valence-corrected chi connectivity index (χ0v) is 13.2. The summed E-state index contributed by atoms with van der Waals surface area (Å²) in [6.07, 6.45) is 5.42. The second-order valence-corrected chi connectivity index (χ2v) is 6.53. The van der Waals surface area contributed by atoms with Gasteiger partial charge in [0.2, 0.25) is 0 Å². The molecule has 0 unspecified atom stereocenters. The molecule has 1 heterocycles. The maximum Gasteiger partial charge on any atom is 0.0234 e. The third kappa shape index (κ3) is 3.36. The molecule has 1 aliphatic rings. The predicted molar refractivity (Wildman–Crippen MR) is 81.7 cm³/mol. The van der Waals surface area contributed by atoms with Crippen molar-refractivity contribution in [3.63, 3.8) is 0 Å². The molecule has 0 bridgehead atoms. The Labute approximate surface area is 120 Å². The van der Waals surface area contributed by atoms with Crippen LogP contribution in [-0.4, -0.2) is 18.0 Å². The van der Waals surface area contributed by atoms with Gasteiger partial charge in [0.05, 0.1) is 0 Å². The SMILES string of the molecule is CCC1(CC)CCN(Cc2cccc(Br)c2)CC1. The van der Waals surface area contributed by atoms with E-state index in [1.807, 2.05) is 0 Å². The summed E-state index contributed by atoms with van der Waals surface area (Å²) in [5.41, 5.74) is 2.05. The highest BCUT2D eigenvalue weighted by Crippen LogP contribution is 2.38. The van der Waals surface area contributed by atoms with Gasteiger partial charge >= 0.3 is 0 Å². The van der Waals surface area contributed by atoms with Gasteiger partial charge in [-0.3, -0.25) is 4.90 Å². The Balaban J connectivity index is 1.91. The van der Waals surface area contributed by atoms with Crippen LogP contribution in [-0.2, 0) is 6.54 Å². The summed E-state index contributed by atoms with van der Waals surface area (Å²) in [6, 6.07) is 8.69. The first kappa shape index (κ1) is 14.1. The van der Waals surface area contributed by atoms with Gasteiger partial charge in [0.25, 0.3) is 0 Å². The average molecular weight is 310 g/mol. The van der Waals surface area contributed by atoms with Crippen LogP contribution < -0.4 is 0 Å². The summed E-state index contributed by atoms with van der Waals surface area (Å²) >= 11 is 3.55. The van der Waals surface area contributed by atoms with E-state index in [9.17, 15) is 0 Å². The molecule has 0 radical (unpaired) electrons. The third-order valence-corrected chi connectivity index (χ3v) is 5.21. The molecule has 1 fully saturated rings. The highest BCUT2D eigenvalue weighted by atomic mass is 79.9. The number of hydrogen-bond acceptors (Lipinski definition) is 1. The minimum absolute atomic E-state index is 0.633. The second kappa shape index (κ2) is 6.21. The molecule has 0 saturated carbocycles. The highest BCUT2D eigenvalue weighted by molar-refractivity contribution is 9.10. The summed E-state index contributed by atoms with van der Waals surface area (Å²) in [5, 5.41) is 0. The number of rotatable bonds is 4. The van der Waals surface area contributed by atoms with E-state index in [0.717, 1.165) is 6.54 Å². The van der Waals surface area contributed by atoms with E-state index in [-0.39, 0.29) is 0 Å². The first-order chi connectivity index (χ1) is 8.67. The summed E-state index contributed by atoms with van der Waals surface area (Å²) < 4.78 is 1.19. The summed E-state index contributed by atoms with van der Waals surface area (Å²) in [4.78, 5) is 2.60. The third-order valence-electron chi connectivity index (χ3n) is 4.71. The van der Waals surface area contributed by atoms with Crippen LogP contribution in [0.2, 0.25) is 0 Å². The van der Waals surface area contributed by atoms with E-state index < -0.39 is 0 Å². The normalized spacial score (nSPS) is 19.9. The van der Waals surface area contributed by atoms with Gasteiger partial charge in [0, 0.05) is 11.0 Å². The van der Waals surface area contributed by atoms with Gasteiger partial charge in [-0.05, 0) is 49.0 Å². The summed E-state index contributed by atoms with van der Waals surface area (Å²) in [7, 11) is 0. The molecule has 2 heteroatoms. The molecule has 0 aromatic heterocycles. The number of benzene rings is 1. The molecule has 0 atom stereocenters. The van der Waals surface area contributed by atoms with Crippen molar-refractivity contribution in [2.24, 2.45) is 5.41 Å². The van der Waals surface area contributed by atoms with E-state index in [1.165, 1.54) is 48.8 Å². The lowest BCUT2D eigenvalue weighted by Gasteiger charge is -2.41. The van der Waals surface area contributed by atoms with Crippen molar-refractivity contribution < 1.29 is 0 Å². The lowest BCUT2D eigenvalue weighted by atomic mass is 9.74. The van der Waals surface area contributed by atoms with E-state index in [0.29, 0.717) is 5.41 Å². The molecule has 100 valence electrons. The van der Waals surface area contributed by atoms with Gasteiger partial charge < -0.3 is 0 Å². The Morgan fingerprint density at radius 3 is 2.39 bits per heavy atom. The van der Waals surface area contributed by atoms with Gasteiger partial charge in [0.15, 0.2) is 0 Å². The van der Waals surface area contributed by atoms with Crippen molar-refractivity contribution >= 4 is 15.9 Å². The molecule has 18 heavy (non-hydrogen) atoms. The van der Waals surface area contributed by atoms with Crippen LogP contribution in [0.15, 0.2) is 28.7 Å². The van der Waals surface area contributed by atoms with Gasteiger partial charge in [-0.1, -0.05) is 54.8 Å². The summed E-state index contributed by atoms with van der Waals surface area (Å²) in [6.45, 7) is 8.33. The largest absolute Gasteiger partial charge is 0.299 e. The molecule has 1 nitrogen and oxygen atoms in total. The smallest absolute Gasteiger partial charge is 0.0234 e. The molecule has 1 aromatic carbocycles. The first-order valence-electron chi connectivity index (χ1n) is 7.14. The zero-order valence-electron chi connectivity index (χ0n) is 11.6. The number of piperidine rings is 1. The topological polar surface area (TPSA) is 3.24 Å². The minimum Gasteiger partial charge on any atom is -0.299 e. The molecule has 2 rings (SSSR count). The second-order valence-electron chi connectivity index (χ2n) is 5.61. The van der Waals surface area contributed by atoms with Gasteiger partial charge in [-0.2, -0.15) is 0 Å². The standard InChI is InChI=1S/C16H24BrN/c1-3-16(4-2)8-10-18(11-9-16)13-14-6-5-7-15(17)12-14/h5-7,12H,3-4,8-11,13H2,1-2H3. The van der Waals surface area contributed by atoms with Crippen LogP contribution in [0.25, 0.3) is 0 Å². The maximum atomic E-state index is 3.55. The van der Waals surface area contributed by atoms with Crippen molar-refractivity contribution in [1.29, 1.82) is 0 Å². The van der Waals surface area contributed by atoms with Crippen molar-refractivity contribution in [2.75, 3.05) is 13.1 Å². The van der Waals surface area contributed by atoms with E-state index in [4.69, 9.17) is 0 Å². The van der Waals surface area contributed by atoms with Crippen molar-refractivity contribution in [2.45, 2.75) is 46.1 Å². The van der Waals surface area contributed by atoms with Crippen LogP contribution in [0.5, 0.6) is 0 Å². The van der Waals surface area contributed by atoms with Gasteiger partial charge in [-0.25, -0.2) is 0 Å². The van der Waals surface area contributed by atoms with Crippen molar-refractivity contribution in [3.8, 4) is 0 Å². The van der Waals surface area contributed by atoms with Crippen LogP contribution in [0.4, 0.5) is 0 Å². The zero-order chi connectivity index (χ0) is 13.0. The quantitative estimate of drug-likeness (QED) is 0.768. The Kier molecular flexibility index (Phi) is 4.85. The lowest BCUT2D eigenvalue weighted by Crippen LogP contribution is -2.39. The van der Waals surface area contributed by atoms with Gasteiger partial charge in [-0.15, -0.1) is 0 Å². The number of nitrogens with zero attached hydrogens (tertiary/aromatic N) is 1. The Morgan fingerprint density at radius 2 is 1.83 bits per heavy atom. The molecule has 1 aliphatic heterocycles. The fourth-order valence-electron chi connectivity index (χ4n) is 3.04. The Hall–Kier alpha value is -0.340. The minimum atomic E-state index is 0.633. The lowest BCUT2D eigenvalue weighted by molar-refractivity contribution is 0.0909. The number of hydrogen-bond donors (Lipinski definition) is 0. The van der Waals surface area contributed by atoms with Gasteiger partial charge in [0.1, 0.15) is 0 Å². The van der Waals surface area contributed by atoms with Crippen LogP contribution in [0, 0.1) is 5.41 Å². The van der Waals surface area contributed by atoms with E-state index in [2.05, 4.69) is 58.9 Å². The number of halogens is 1. The highest BCUT2D eigenvalue weighted by Gasteiger charge is 2.30. The molecule has 1 aromatic rings. The maximum absolute atomic E-state index is 3.55. The van der Waals surface area contributed by atoms with Crippen LogP contribution in [0.1, 0.15) is 45.1 Å². The van der Waals surface area contributed by atoms with Crippen LogP contribution in [0.3, 0.4) is 0 Å². The Morgan fingerprint density at radius 1 is 1.17 bits per heavy atom. The average Bonchev–Trinajstić information content (AvgIpc) is 2.40. The van der Waals surface area contributed by atoms with Crippen LogP contribution >= 0.6 is 15.9 Å². The van der Waals surface area contributed by atoms with E-state index in [1.54, 1.807) is 0 Å². The molecule has 0 N–H and O–H groups in total. The molecule has 1 saturated heterocycles. The fraction of sp³-hybridized carbons (Fsp3) is 0.625. The predicted octanol–water partition coefficient (Wildman–Crippen LogP) is 4.85. The van der Waals surface area contributed by atoms with Crippen molar-refractivity contribution in [3.05, 3.63) is 34.3 Å². The first-order valence-corrected chi connectivity index (χ1v) is 7.93. The fourth-order valence-corrected chi connectivity index (χ4v) is 3.48. The Bertz CT molecular complexity index is 374. The van der Waals surface area contributed by atoms with Crippen molar-refractivity contribution in [1.82, 2.24) is 4.90 Å². The molecule has 0 aliphatic carbocycles.